The first-order valence-electron chi connectivity index (χ1n) is 9.20. The Morgan fingerprint density at radius 2 is 1.86 bits per heavy atom. The lowest BCUT2D eigenvalue weighted by Gasteiger charge is -2.50. The number of nitrogens with zero attached hydrogens (tertiary/aromatic N) is 1. The van der Waals surface area contributed by atoms with Crippen molar-refractivity contribution in [3.05, 3.63) is 0 Å². The van der Waals surface area contributed by atoms with Gasteiger partial charge < -0.3 is 10.1 Å². The van der Waals surface area contributed by atoms with Gasteiger partial charge in [0.05, 0.1) is 5.60 Å². The zero-order chi connectivity index (χ0) is 15.5. The summed E-state index contributed by atoms with van der Waals surface area (Å²) in [4.78, 5) is 2.79. The van der Waals surface area contributed by atoms with E-state index in [1.165, 1.54) is 25.8 Å². The van der Waals surface area contributed by atoms with Crippen molar-refractivity contribution >= 4 is 0 Å². The molecule has 2 rings (SSSR count). The van der Waals surface area contributed by atoms with Gasteiger partial charge in [-0.2, -0.15) is 0 Å². The van der Waals surface area contributed by atoms with Crippen LogP contribution in [0.2, 0.25) is 0 Å². The van der Waals surface area contributed by atoms with Crippen LogP contribution in [-0.4, -0.2) is 48.3 Å². The number of hydrogen-bond donors (Lipinski definition) is 1. The zero-order valence-electron chi connectivity index (χ0n) is 14.8. The molecule has 0 spiro atoms. The molecule has 21 heavy (non-hydrogen) atoms. The van der Waals surface area contributed by atoms with Crippen LogP contribution in [0.15, 0.2) is 0 Å². The summed E-state index contributed by atoms with van der Waals surface area (Å²) in [5.41, 5.74) is 0.143. The summed E-state index contributed by atoms with van der Waals surface area (Å²) in [6.07, 6.45) is 6.03. The van der Waals surface area contributed by atoms with Crippen molar-refractivity contribution in [2.24, 2.45) is 5.92 Å². The topological polar surface area (TPSA) is 24.5 Å². The molecule has 0 aromatic carbocycles. The molecule has 2 saturated heterocycles. The van der Waals surface area contributed by atoms with Gasteiger partial charge in [-0.15, -0.1) is 0 Å². The molecule has 0 aromatic heterocycles. The van der Waals surface area contributed by atoms with Gasteiger partial charge in [0.1, 0.15) is 0 Å². The average Bonchev–Trinajstić information content (AvgIpc) is 2.52. The summed E-state index contributed by atoms with van der Waals surface area (Å²) in [6, 6.07) is 2.10. The summed E-state index contributed by atoms with van der Waals surface area (Å²) in [5, 5.41) is 3.68. The molecule has 0 bridgehead atoms. The van der Waals surface area contributed by atoms with Crippen LogP contribution in [0.3, 0.4) is 0 Å². The number of nitrogens with one attached hydrogen (secondary N) is 1. The van der Waals surface area contributed by atoms with Crippen molar-refractivity contribution in [1.82, 2.24) is 10.2 Å². The van der Waals surface area contributed by atoms with Crippen LogP contribution in [0.25, 0.3) is 0 Å². The highest BCUT2D eigenvalue weighted by Crippen LogP contribution is 2.36. The third-order valence-electron chi connectivity index (χ3n) is 6.31. The van der Waals surface area contributed by atoms with Gasteiger partial charge in [-0.05, 0) is 51.5 Å². The van der Waals surface area contributed by atoms with Gasteiger partial charge in [-0.25, -0.2) is 0 Å². The van der Waals surface area contributed by atoms with E-state index in [0.29, 0.717) is 12.1 Å². The monoisotopic (exact) mass is 296 g/mol. The van der Waals surface area contributed by atoms with Crippen LogP contribution in [-0.2, 0) is 4.74 Å². The molecule has 2 aliphatic heterocycles. The summed E-state index contributed by atoms with van der Waals surface area (Å²) in [5.74, 6) is 0.735. The van der Waals surface area contributed by atoms with E-state index in [-0.39, 0.29) is 5.60 Å². The maximum absolute atomic E-state index is 6.17. The SMILES string of the molecule is CCNC1CCN(C2CCOC(CC)(CC)C2)C(C)C1C. The van der Waals surface area contributed by atoms with Crippen LogP contribution in [0.5, 0.6) is 0 Å². The molecular weight excluding hydrogens is 260 g/mol. The van der Waals surface area contributed by atoms with Crippen LogP contribution < -0.4 is 5.32 Å². The molecule has 0 aromatic rings. The lowest BCUT2D eigenvalue weighted by molar-refractivity contribution is -0.121. The van der Waals surface area contributed by atoms with Crippen molar-refractivity contribution in [1.29, 1.82) is 0 Å². The second kappa shape index (κ2) is 7.43. The van der Waals surface area contributed by atoms with Gasteiger partial charge >= 0.3 is 0 Å². The minimum Gasteiger partial charge on any atom is -0.375 e. The summed E-state index contributed by atoms with van der Waals surface area (Å²) < 4.78 is 6.17. The van der Waals surface area contributed by atoms with Crippen molar-refractivity contribution in [2.45, 2.75) is 90.4 Å². The van der Waals surface area contributed by atoms with E-state index in [9.17, 15) is 0 Å². The van der Waals surface area contributed by atoms with E-state index >= 15 is 0 Å². The second-order valence-corrected chi connectivity index (χ2v) is 7.18. The molecule has 0 amide bonds. The standard InChI is InChI=1S/C18H36N2O/c1-6-18(7-2)13-16(10-12-21-18)20-11-9-17(19-8-3)14(4)15(20)5/h14-17,19H,6-13H2,1-5H3. The third-order valence-corrected chi connectivity index (χ3v) is 6.31. The quantitative estimate of drug-likeness (QED) is 0.841. The number of ether oxygens (including phenoxy) is 1. The first-order valence-corrected chi connectivity index (χ1v) is 9.20. The molecule has 2 heterocycles. The Hall–Kier alpha value is -0.120. The Balaban J connectivity index is 2.01. The molecule has 2 aliphatic rings. The molecule has 0 saturated carbocycles. The number of piperidine rings is 1. The third kappa shape index (κ3) is 3.62. The molecule has 3 nitrogen and oxygen atoms in total. The Morgan fingerprint density at radius 3 is 2.48 bits per heavy atom. The number of rotatable bonds is 5. The van der Waals surface area contributed by atoms with Gasteiger partial charge in [0.15, 0.2) is 0 Å². The minimum atomic E-state index is 0.143. The van der Waals surface area contributed by atoms with E-state index in [0.717, 1.165) is 38.0 Å². The van der Waals surface area contributed by atoms with E-state index in [4.69, 9.17) is 4.74 Å². The van der Waals surface area contributed by atoms with E-state index < -0.39 is 0 Å². The van der Waals surface area contributed by atoms with Gasteiger partial charge in [0.25, 0.3) is 0 Å². The fourth-order valence-electron chi connectivity index (χ4n) is 4.49. The van der Waals surface area contributed by atoms with Crippen molar-refractivity contribution in [3.63, 3.8) is 0 Å². The molecule has 0 radical (unpaired) electrons. The largest absolute Gasteiger partial charge is 0.375 e. The van der Waals surface area contributed by atoms with E-state index in [2.05, 4.69) is 44.8 Å². The fourth-order valence-corrected chi connectivity index (χ4v) is 4.49. The fraction of sp³-hybridized carbons (Fsp3) is 1.00. The molecule has 2 fully saturated rings. The molecule has 4 unspecified atom stereocenters. The Bertz CT molecular complexity index is 316. The normalized spacial score (nSPS) is 37.6. The lowest BCUT2D eigenvalue weighted by Crippen LogP contribution is -2.59. The predicted octanol–water partition coefficient (Wildman–Crippen LogP) is 3.43. The Labute approximate surface area is 131 Å². The van der Waals surface area contributed by atoms with Crippen LogP contribution in [0, 0.1) is 5.92 Å². The van der Waals surface area contributed by atoms with Crippen LogP contribution >= 0.6 is 0 Å². The minimum absolute atomic E-state index is 0.143. The first kappa shape index (κ1) is 17.2. The lowest BCUT2D eigenvalue weighted by atomic mass is 9.81. The molecule has 124 valence electrons. The van der Waals surface area contributed by atoms with Crippen LogP contribution in [0.1, 0.15) is 66.7 Å². The second-order valence-electron chi connectivity index (χ2n) is 7.18. The average molecular weight is 296 g/mol. The smallest absolute Gasteiger partial charge is 0.0692 e. The van der Waals surface area contributed by atoms with Crippen molar-refractivity contribution in [2.75, 3.05) is 19.7 Å². The first-order chi connectivity index (χ1) is 10.1. The van der Waals surface area contributed by atoms with Gasteiger partial charge in [-0.3, -0.25) is 4.90 Å². The number of likely N-dealkylation sites (tertiary alicyclic amines) is 1. The molecule has 0 aliphatic carbocycles. The molecule has 3 heteroatoms. The van der Waals surface area contributed by atoms with E-state index in [1.807, 2.05) is 0 Å². The number of hydrogen-bond acceptors (Lipinski definition) is 3. The molecule has 4 atom stereocenters. The van der Waals surface area contributed by atoms with Crippen molar-refractivity contribution in [3.8, 4) is 0 Å². The molecular formula is C18H36N2O. The maximum atomic E-state index is 6.17. The Morgan fingerprint density at radius 1 is 1.14 bits per heavy atom. The summed E-state index contributed by atoms with van der Waals surface area (Å²) >= 11 is 0. The highest BCUT2D eigenvalue weighted by molar-refractivity contribution is 4.95. The predicted molar refractivity (Wildman–Crippen MR) is 89.7 cm³/mol. The summed E-state index contributed by atoms with van der Waals surface area (Å²) in [7, 11) is 0. The highest BCUT2D eigenvalue weighted by Gasteiger charge is 2.41. The summed E-state index contributed by atoms with van der Waals surface area (Å²) in [6.45, 7) is 14.9. The highest BCUT2D eigenvalue weighted by atomic mass is 16.5. The van der Waals surface area contributed by atoms with E-state index in [1.54, 1.807) is 0 Å². The van der Waals surface area contributed by atoms with Crippen LogP contribution in [0.4, 0.5) is 0 Å². The van der Waals surface area contributed by atoms with Crippen molar-refractivity contribution < 1.29 is 4.74 Å². The van der Waals surface area contributed by atoms with Gasteiger partial charge in [-0.1, -0.05) is 27.7 Å². The van der Waals surface area contributed by atoms with Gasteiger partial charge in [0.2, 0.25) is 0 Å². The Kier molecular flexibility index (Phi) is 6.10. The zero-order valence-corrected chi connectivity index (χ0v) is 14.8. The maximum Gasteiger partial charge on any atom is 0.0692 e. The molecule has 1 N–H and O–H groups in total. The van der Waals surface area contributed by atoms with Gasteiger partial charge in [0, 0.05) is 31.3 Å².